The number of benzene rings is 1. The van der Waals surface area contributed by atoms with Gasteiger partial charge in [-0.3, -0.25) is 4.98 Å². The van der Waals surface area contributed by atoms with Crippen molar-refractivity contribution in [2.24, 2.45) is 5.92 Å². The molecule has 1 aliphatic rings. The lowest BCUT2D eigenvalue weighted by atomic mass is 10.00. The van der Waals surface area contributed by atoms with E-state index in [-0.39, 0.29) is 6.10 Å². The van der Waals surface area contributed by atoms with Crippen LogP contribution in [0.15, 0.2) is 30.3 Å². The lowest BCUT2D eigenvalue weighted by Gasteiger charge is -2.12. The van der Waals surface area contributed by atoms with Crippen LogP contribution in [-0.4, -0.2) is 16.2 Å². The molecule has 1 fully saturated rings. The predicted molar refractivity (Wildman–Crippen MR) is 68.9 cm³/mol. The monoisotopic (exact) mass is 227 g/mol. The second kappa shape index (κ2) is 4.11. The molecular formula is C15H17NO. The molecule has 0 bridgehead atoms. The Morgan fingerprint density at radius 2 is 2.12 bits per heavy atom. The summed E-state index contributed by atoms with van der Waals surface area (Å²) >= 11 is 0. The van der Waals surface area contributed by atoms with Crippen LogP contribution >= 0.6 is 0 Å². The van der Waals surface area contributed by atoms with E-state index in [1.807, 2.05) is 25.1 Å². The van der Waals surface area contributed by atoms with Gasteiger partial charge in [-0.05, 0) is 49.8 Å². The third-order valence-corrected chi connectivity index (χ3v) is 3.53. The fourth-order valence-corrected chi connectivity index (χ4v) is 2.44. The van der Waals surface area contributed by atoms with Gasteiger partial charge in [0.1, 0.15) is 0 Å². The van der Waals surface area contributed by atoms with Crippen LogP contribution in [0, 0.1) is 12.8 Å². The van der Waals surface area contributed by atoms with Crippen molar-refractivity contribution in [3.63, 3.8) is 0 Å². The minimum atomic E-state index is -0.180. The molecule has 2 nitrogen and oxygen atoms in total. The number of nitrogens with zero attached hydrogens (tertiary/aromatic N) is 1. The number of aryl methyl sites for hydroxylation is 1. The number of rotatable bonds is 3. The molecule has 1 atom stereocenters. The number of aliphatic hydroxyl groups is 1. The van der Waals surface area contributed by atoms with Crippen LogP contribution in [0.4, 0.5) is 0 Å². The maximum Gasteiger partial charge on any atom is 0.0707 e. The molecule has 2 aromatic rings. The molecule has 0 saturated heterocycles. The normalized spacial score (nSPS) is 17.3. The van der Waals surface area contributed by atoms with E-state index >= 15 is 0 Å². The van der Waals surface area contributed by atoms with Gasteiger partial charge in [0.2, 0.25) is 0 Å². The van der Waals surface area contributed by atoms with Crippen molar-refractivity contribution >= 4 is 10.9 Å². The van der Waals surface area contributed by atoms with Gasteiger partial charge in [0.25, 0.3) is 0 Å². The summed E-state index contributed by atoms with van der Waals surface area (Å²) in [6.07, 6.45) is 2.95. The second-order valence-corrected chi connectivity index (χ2v) is 5.05. The van der Waals surface area contributed by atoms with E-state index in [0.717, 1.165) is 17.6 Å². The Hall–Kier alpha value is -1.41. The largest absolute Gasteiger partial charge is 0.392 e. The number of aromatic nitrogens is 1. The zero-order valence-electron chi connectivity index (χ0n) is 10.1. The molecule has 1 aromatic heterocycles. The van der Waals surface area contributed by atoms with Crippen molar-refractivity contribution in [3.8, 4) is 0 Å². The van der Waals surface area contributed by atoms with E-state index in [1.54, 1.807) is 0 Å². The highest BCUT2D eigenvalue weighted by molar-refractivity contribution is 5.82. The smallest absolute Gasteiger partial charge is 0.0707 e. The standard InChI is InChI=1S/C15H17NO/c1-10-8-12(9-15(17)11-6-7-11)13-4-2-3-5-14(13)16-10/h2-5,8,11,15,17H,6-7,9H2,1H3. The summed E-state index contributed by atoms with van der Waals surface area (Å²) in [7, 11) is 0. The molecule has 1 saturated carbocycles. The quantitative estimate of drug-likeness (QED) is 0.874. The Morgan fingerprint density at radius 3 is 2.88 bits per heavy atom. The summed E-state index contributed by atoms with van der Waals surface area (Å²) in [5, 5.41) is 11.3. The van der Waals surface area contributed by atoms with Gasteiger partial charge in [-0.1, -0.05) is 18.2 Å². The average molecular weight is 227 g/mol. The van der Waals surface area contributed by atoms with Gasteiger partial charge in [0.15, 0.2) is 0 Å². The molecule has 3 rings (SSSR count). The van der Waals surface area contributed by atoms with E-state index in [4.69, 9.17) is 0 Å². The highest BCUT2D eigenvalue weighted by Crippen LogP contribution is 2.34. The molecule has 1 aliphatic carbocycles. The Morgan fingerprint density at radius 1 is 1.35 bits per heavy atom. The SMILES string of the molecule is Cc1cc(CC(O)C2CC2)c2ccccc2n1. The lowest BCUT2D eigenvalue weighted by Crippen LogP contribution is -2.13. The topological polar surface area (TPSA) is 33.1 Å². The van der Waals surface area contributed by atoms with Gasteiger partial charge in [0.05, 0.1) is 11.6 Å². The van der Waals surface area contributed by atoms with E-state index in [1.165, 1.54) is 23.8 Å². The van der Waals surface area contributed by atoms with Crippen molar-refractivity contribution < 1.29 is 5.11 Å². The van der Waals surface area contributed by atoms with Crippen molar-refractivity contribution in [2.45, 2.75) is 32.3 Å². The predicted octanol–water partition coefficient (Wildman–Crippen LogP) is 2.86. The molecule has 1 N–H and O–H groups in total. The molecule has 0 radical (unpaired) electrons. The maximum atomic E-state index is 10.1. The van der Waals surface area contributed by atoms with Crippen molar-refractivity contribution in [2.75, 3.05) is 0 Å². The van der Waals surface area contributed by atoms with Crippen molar-refractivity contribution in [1.29, 1.82) is 0 Å². The van der Waals surface area contributed by atoms with Gasteiger partial charge in [-0.2, -0.15) is 0 Å². The Labute approximate surface area is 101 Å². The van der Waals surface area contributed by atoms with Gasteiger partial charge < -0.3 is 5.11 Å². The van der Waals surface area contributed by atoms with Crippen LogP contribution in [0.2, 0.25) is 0 Å². The van der Waals surface area contributed by atoms with E-state index < -0.39 is 0 Å². The van der Waals surface area contributed by atoms with Crippen molar-refractivity contribution in [1.82, 2.24) is 4.98 Å². The number of hydrogen-bond donors (Lipinski definition) is 1. The molecule has 0 aliphatic heterocycles. The minimum absolute atomic E-state index is 0.180. The van der Waals surface area contributed by atoms with Crippen molar-refractivity contribution in [3.05, 3.63) is 41.6 Å². The molecule has 88 valence electrons. The Bertz CT molecular complexity index is 546. The Kier molecular flexibility index (Phi) is 2.60. The summed E-state index contributed by atoms with van der Waals surface area (Å²) in [6.45, 7) is 2.01. The van der Waals surface area contributed by atoms with Crippen LogP contribution in [-0.2, 0) is 6.42 Å². The number of para-hydroxylation sites is 1. The number of aliphatic hydroxyl groups excluding tert-OH is 1. The highest BCUT2D eigenvalue weighted by atomic mass is 16.3. The molecule has 17 heavy (non-hydrogen) atoms. The number of fused-ring (bicyclic) bond motifs is 1. The van der Waals surface area contributed by atoms with E-state index in [0.29, 0.717) is 5.92 Å². The molecular weight excluding hydrogens is 210 g/mol. The van der Waals surface area contributed by atoms with Crippen LogP contribution in [0.1, 0.15) is 24.1 Å². The van der Waals surface area contributed by atoms with Crippen LogP contribution in [0.25, 0.3) is 10.9 Å². The number of pyridine rings is 1. The van der Waals surface area contributed by atoms with E-state index in [9.17, 15) is 5.11 Å². The van der Waals surface area contributed by atoms with Crippen LogP contribution in [0.5, 0.6) is 0 Å². The fourth-order valence-electron chi connectivity index (χ4n) is 2.44. The molecule has 1 aromatic carbocycles. The van der Waals surface area contributed by atoms with Gasteiger partial charge in [0, 0.05) is 11.1 Å². The summed E-state index contributed by atoms with van der Waals surface area (Å²) in [4.78, 5) is 4.52. The zero-order valence-corrected chi connectivity index (χ0v) is 10.1. The van der Waals surface area contributed by atoms with Gasteiger partial charge in [-0.25, -0.2) is 0 Å². The summed E-state index contributed by atoms with van der Waals surface area (Å²) < 4.78 is 0. The first kappa shape index (κ1) is 10.7. The number of hydrogen-bond acceptors (Lipinski definition) is 2. The lowest BCUT2D eigenvalue weighted by molar-refractivity contribution is 0.152. The Balaban J connectivity index is 2.01. The summed E-state index contributed by atoms with van der Waals surface area (Å²) in [5.41, 5.74) is 3.29. The zero-order chi connectivity index (χ0) is 11.8. The molecule has 1 unspecified atom stereocenters. The second-order valence-electron chi connectivity index (χ2n) is 5.05. The van der Waals surface area contributed by atoms with E-state index in [2.05, 4.69) is 17.1 Å². The van der Waals surface area contributed by atoms with Crippen LogP contribution in [0.3, 0.4) is 0 Å². The highest BCUT2D eigenvalue weighted by Gasteiger charge is 2.29. The first-order valence-electron chi connectivity index (χ1n) is 6.27. The van der Waals surface area contributed by atoms with Crippen LogP contribution < -0.4 is 0 Å². The van der Waals surface area contributed by atoms with Gasteiger partial charge >= 0.3 is 0 Å². The average Bonchev–Trinajstić information content (AvgIpc) is 3.12. The first-order chi connectivity index (χ1) is 8.24. The molecule has 1 heterocycles. The summed E-state index contributed by atoms with van der Waals surface area (Å²) in [6, 6.07) is 10.3. The third kappa shape index (κ3) is 2.18. The molecule has 0 amide bonds. The molecule has 0 spiro atoms. The summed E-state index contributed by atoms with van der Waals surface area (Å²) in [5.74, 6) is 0.530. The minimum Gasteiger partial charge on any atom is -0.392 e. The molecule has 2 heteroatoms. The maximum absolute atomic E-state index is 10.1. The third-order valence-electron chi connectivity index (χ3n) is 3.53. The first-order valence-corrected chi connectivity index (χ1v) is 6.27. The fraction of sp³-hybridized carbons (Fsp3) is 0.400. The van der Waals surface area contributed by atoms with Gasteiger partial charge in [-0.15, -0.1) is 0 Å².